The number of rotatable bonds is 4. The van der Waals surface area contributed by atoms with E-state index < -0.39 is 11.8 Å². The van der Waals surface area contributed by atoms with Crippen LogP contribution in [0.15, 0.2) is 46.9 Å². The van der Waals surface area contributed by atoms with Gasteiger partial charge in [0.2, 0.25) is 0 Å². The molecule has 2 rings (SSSR count). The van der Waals surface area contributed by atoms with E-state index in [4.69, 9.17) is 28.6 Å². The van der Waals surface area contributed by atoms with E-state index in [2.05, 4.69) is 32.1 Å². The summed E-state index contributed by atoms with van der Waals surface area (Å²) in [5.41, 5.74) is 6.12. The van der Waals surface area contributed by atoms with Crippen LogP contribution in [-0.2, 0) is 4.79 Å². The van der Waals surface area contributed by atoms with Gasteiger partial charge in [-0.1, -0.05) is 33.6 Å². The standard InChI is InChI=1S/C17H15BrClN3O3S/c1-10-7-13(5-6-14(10)18)25-9-15(23)21-22-17(26)20-16(24)11-3-2-4-12(19)8-11/h2-8H,9H2,1H3,(H,21,23)(H2,20,22,24,26). The molecule has 0 atom stereocenters. The smallest absolute Gasteiger partial charge is 0.276 e. The average Bonchev–Trinajstić information content (AvgIpc) is 2.61. The van der Waals surface area contributed by atoms with Gasteiger partial charge < -0.3 is 4.74 Å². The highest BCUT2D eigenvalue weighted by molar-refractivity contribution is 9.10. The fourth-order valence-corrected chi connectivity index (χ4v) is 2.44. The van der Waals surface area contributed by atoms with E-state index in [1.54, 1.807) is 30.3 Å². The molecule has 0 spiro atoms. The van der Waals surface area contributed by atoms with Crippen molar-refractivity contribution in [1.29, 1.82) is 0 Å². The van der Waals surface area contributed by atoms with Crippen molar-refractivity contribution in [3.8, 4) is 5.75 Å². The quantitative estimate of drug-likeness (QED) is 0.487. The Bertz CT molecular complexity index is 848. The van der Waals surface area contributed by atoms with Gasteiger partial charge in [-0.2, -0.15) is 0 Å². The van der Waals surface area contributed by atoms with Crippen molar-refractivity contribution in [2.24, 2.45) is 0 Å². The van der Waals surface area contributed by atoms with Crippen molar-refractivity contribution < 1.29 is 14.3 Å². The molecule has 6 nitrogen and oxygen atoms in total. The van der Waals surface area contributed by atoms with Crippen molar-refractivity contribution in [3.63, 3.8) is 0 Å². The largest absolute Gasteiger partial charge is 0.484 e. The maximum atomic E-state index is 12.0. The molecule has 0 unspecified atom stereocenters. The van der Waals surface area contributed by atoms with Gasteiger partial charge in [-0.25, -0.2) is 0 Å². The first-order chi connectivity index (χ1) is 12.3. The second-order valence-electron chi connectivity index (χ2n) is 5.17. The molecule has 0 saturated carbocycles. The lowest BCUT2D eigenvalue weighted by Gasteiger charge is -2.12. The minimum atomic E-state index is -0.454. The fraction of sp³-hybridized carbons (Fsp3) is 0.118. The molecule has 136 valence electrons. The number of hydrogen-bond donors (Lipinski definition) is 3. The summed E-state index contributed by atoms with van der Waals surface area (Å²) in [6.45, 7) is 1.71. The Balaban J connectivity index is 1.75. The number of thiocarbonyl (C=S) groups is 1. The predicted molar refractivity (Wildman–Crippen MR) is 107 cm³/mol. The summed E-state index contributed by atoms with van der Waals surface area (Å²) >= 11 is 14.2. The molecular weight excluding hydrogens is 442 g/mol. The zero-order chi connectivity index (χ0) is 19.1. The Hall–Kier alpha value is -2.16. The van der Waals surface area contributed by atoms with E-state index in [0.29, 0.717) is 16.3 Å². The maximum Gasteiger partial charge on any atom is 0.276 e. The highest BCUT2D eigenvalue weighted by Gasteiger charge is 2.09. The van der Waals surface area contributed by atoms with Crippen LogP contribution in [-0.4, -0.2) is 23.5 Å². The number of nitrogens with one attached hydrogen (secondary N) is 3. The molecule has 2 aromatic carbocycles. The highest BCUT2D eigenvalue weighted by Crippen LogP contribution is 2.21. The third-order valence-corrected chi connectivity index (χ3v) is 4.46. The number of carbonyl (C=O) groups is 2. The molecule has 3 N–H and O–H groups in total. The number of amides is 2. The van der Waals surface area contributed by atoms with E-state index in [-0.39, 0.29) is 11.7 Å². The maximum absolute atomic E-state index is 12.0. The van der Waals surface area contributed by atoms with Crippen LogP contribution in [0.2, 0.25) is 5.02 Å². The lowest BCUT2D eigenvalue weighted by molar-refractivity contribution is -0.123. The number of carbonyl (C=O) groups excluding carboxylic acids is 2. The van der Waals surface area contributed by atoms with Crippen LogP contribution in [0, 0.1) is 6.92 Å². The molecule has 26 heavy (non-hydrogen) atoms. The van der Waals surface area contributed by atoms with Gasteiger partial charge in [0.1, 0.15) is 5.75 Å². The fourth-order valence-electron chi connectivity index (χ4n) is 1.85. The van der Waals surface area contributed by atoms with Gasteiger partial charge in [0.25, 0.3) is 11.8 Å². The normalized spacial score (nSPS) is 9.96. The monoisotopic (exact) mass is 455 g/mol. The number of benzene rings is 2. The molecule has 0 bridgehead atoms. The molecule has 0 aliphatic carbocycles. The van der Waals surface area contributed by atoms with Gasteiger partial charge in [0.05, 0.1) is 0 Å². The van der Waals surface area contributed by atoms with E-state index in [1.807, 2.05) is 13.0 Å². The van der Waals surface area contributed by atoms with Crippen molar-refractivity contribution in [2.75, 3.05) is 6.61 Å². The van der Waals surface area contributed by atoms with Crippen molar-refractivity contribution in [3.05, 3.63) is 63.1 Å². The summed E-state index contributed by atoms with van der Waals surface area (Å²) in [5.74, 6) is -0.330. The first-order valence-electron chi connectivity index (χ1n) is 7.40. The van der Waals surface area contributed by atoms with Crippen LogP contribution < -0.4 is 20.9 Å². The SMILES string of the molecule is Cc1cc(OCC(=O)NNC(=S)NC(=O)c2cccc(Cl)c2)ccc1Br. The molecule has 0 fully saturated rings. The van der Waals surface area contributed by atoms with Crippen LogP contribution in [0.3, 0.4) is 0 Å². The molecule has 0 saturated heterocycles. The summed E-state index contributed by atoms with van der Waals surface area (Å²) in [4.78, 5) is 23.8. The first-order valence-corrected chi connectivity index (χ1v) is 8.98. The van der Waals surface area contributed by atoms with Gasteiger partial charge in [-0.05, 0) is 61.1 Å². The third-order valence-electron chi connectivity index (χ3n) is 3.13. The van der Waals surface area contributed by atoms with Gasteiger partial charge in [-0.15, -0.1) is 0 Å². The second kappa shape index (κ2) is 9.51. The molecule has 0 aliphatic heterocycles. The Kier molecular flexibility index (Phi) is 7.38. The van der Waals surface area contributed by atoms with Crippen molar-refractivity contribution >= 4 is 56.7 Å². The van der Waals surface area contributed by atoms with E-state index in [9.17, 15) is 9.59 Å². The summed E-state index contributed by atoms with van der Waals surface area (Å²) in [6, 6.07) is 11.8. The lowest BCUT2D eigenvalue weighted by Crippen LogP contribution is -2.49. The van der Waals surface area contributed by atoms with Crippen LogP contribution in [0.5, 0.6) is 5.75 Å². The number of hydrogen-bond acceptors (Lipinski definition) is 4. The Morgan fingerprint density at radius 1 is 1.19 bits per heavy atom. The predicted octanol–water partition coefficient (Wildman–Crippen LogP) is 3.13. The summed E-state index contributed by atoms with van der Waals surface area (Å²) in [5, 5.41) is 2.81. The summed E-state index contributed by atoms with van der Waals surface area (Å²) < 4.78 is 6.34. The van der Waals surface area contributed by atoms with Crippen LogP contribution in [0.4, 0.5) is 0 Å². The van der Waals surface area contributed by atoms with E-state index >= 15 is 0 Å². The van der Waals surface area contributed by atoms with Gasteiger partial charge in [0, 0.05) is 15.1 Å². The van der Waals surface area contributed by atoms with Gasteiger partial charge in [-0.3, -0.25) is 25.8 Å². The minimum Gasteiger partial charge on any atom is -0.484 e. The lowest BCUT2D eigenvalue weighted by atomic mass is 10.2. The molecule has 2 amide bonds. The molecule has 0 heterocycles. The Labute approximate surface area is 169 Å². The molecule has 0 radical (unpaired) electrons. The number of halogens is 2. The zero-order valence-corrected chi connectivity index (χ0v) is 16.8. The number of ether oxygens (including phenoxy) is 1. The van der Waals surface area contributed by atoms with Crippen LogP contribution in [0.1, 0.15) is 15.9 Å². The summed E-state index contributed by atoms with van der Waals surface area (Å²) in [7, 11) is 0. The average molecular weight is 457 g/mol. The van der Waals surface area contributed by atoms with Crippen LogP contribution >= 0.6 is 39.7 Å². The summed E-state index contributed by atoms with van der Waals surface area (Å²) in [6.07, 6.45) is 0. The van der Waals surface area contributed by atoms with Gasteiger partial charge >= 0.3 is 0 Å². The Morgan fingerprint density at radius 2 is 1.96 bits per heavy atom. The topological polar surface area (TPSA) is 79.5 Å². The van der Waals surface area contributed by atoms with E-state index in [1.165, 1.54) is 6.07 Å². The number of hydrazine groups is 1. The second-order valence-corrected chi connectivity index (χ2v) is 6.87. The third kappa shape index (κ3) is 6.29. The Morgan fingerprint density at radius 3 is 2.65 bits per heavy atom. The van der Waals surface area contributed by atoms with E-state index in [0.717, 1.165) is 10.0 Å². The minimum absolute atomic E-state index is 0.0530. The first kappa shape index (κ1) is 20.2. The van der Waals surface area contributed by atoms with Gasteiger partial charge in [0.15, 0.2) is 11.7 Å². The van der Waals surface area contributed by atoms with Crippen molar-refractivity contribution in [2.45, 2.75) is 6.92 Å². The molecule has 0 aliphatic rings. The highest BCUT2D eigenvalue weighted by atomic mass is 79.9. The molecule has 0 aromatic heterocycles. The zero-order valence-electron chi connectivity index (χ0n) is 13.6. The molecular formula is C17H15BrClN3O3S. The van der Waals surface area contributed by atoms with Crippen LogP contribution in [0.25, 0.3) is 0 Å². The molecule has 9 heteroatoms. The number of aryl methyl sites for hydroxylation is 1. The van der Waals surface area contributed by atoms with Crippen molar-refractivity contribution in [1.82, 2.24) is 16.2 Å². The molecule has 2 aromatic rings.